The first-order valence-corrected chi connectivity index (χ1v) is 4.44. The number of ether oxygens (including phenoxy) is 1. The van der Waals surface area contributed by atoms with Crippen LogP contribution in [0.15, 0.2) is 0 Å². The summed E-state index contributed by atoms with van der Waals surface area (Å²) in [6, 6.07) is 0. The van der Waals surface area contributed by atoms with Gasteiger partial charge in [0.2, 0.25) is 0 Å². The number of hydrogen-bond acceptors (Lipinski definition) is 4. The molecule has 76 valence electrons. The van der Waals surface area contributed by atoms with Crippen LogP contribution in [0.5, 0.6) is 0 Å². The summed E-state index contributed by atoms with van der Waals surface area (Å²) in [7, 11) is 2.06. The molecular formula is C8H17N3O2. The third kappa shape index (κ3) is 2.86. The van der Waals surface area contributed by atoms with Gasteiger partial charge in [-0.25, -0.2) is 10.6 Å². The van der Waals surface area contributed by atoms with Crippen molar-refractivity contribution in [2.75, 3.05) is 20.1 Å². The van der Waals surface area contributed by atoms with Gasteiger partial charge in [-0.2, -0.15) is 0 Å². The maximum absolute atomic E-state index is 10.9. The third-order valence-electron chi connectivity index (χ3n) is 2.50. The number of hydrazine groups is 1. The van der Waals surface area contributed by atoms with Crippen molar-refractivity contribution in [2.24, 2.45) is 5.84 Å². The van der Waals surface area contributed by atoms with Crippen molar-refractivity contribution in [1.82, 2.24) is 10.3 Å². The Balaban J connectivity index is 2.43. The number of piperidine rings is 1. The van der Waals surface area contributed by atoms with Gasteiger partial charge in [-0.1, -0.05) is 0 Å². The molecule has 0 aromatic rings. The van der Waals surface area contributed by atoms with Crippen LogP contribution in [0.4, 0.5) is 4.79 Å². The van der Waals surface area contributed by atoms with E-state index < -0.39 is 6.09 Å². The van der Waals surface area contributed by atoms with E-state index in [1.165, 1.54) is 0 Å². The first-order chi connectivity index (χ1) is 6.06. The Morgan fingerprint density at radius 3 is 2.54 bits per heavy atom. The van der Waals surface area contributed by atoms with Gasteiger partial charge in [0.1, 0.15) is 5.60 Å². The third-order valence-corrected chi connectivity index (χ3v) is 2.50. The Labute approximate surface area is 78.2 Å². The van der Waals surface area contributed by atoms with Crippen LogP contribution in [0.1, 0.15) is 19.8 Å². The second-order valence-electron chi connectivity index (χ2n) is 3.79. The van der Waals surface area contributed by atoms with E-state index in [0.717, 1.165) is 25.9 Å². The quantitative estimate of drug-likeness (QED) is 0.346. The molecule has 1 saturated heterocycles. The van der Waals surface area contributed by atoms with E-state index in [2.05, 4.69) is 11.9 Å². The maximum Gasteiger partial charge on any atom is 0.421 e. The highest BCUT2D eigenvalue weighted by Gasteiger charge is 2.32. The van der Waals surface area contributed by atoms with Crippen molar-refractivity contribution in [2.45, 2.75) is 25.4 Å². The molecule has 1 fully saturated rings. The molecule has 5 nitrogen and oxygen atoms in total. The summed E-state index contributed by atoms with van der Waals surface area (Å²) < 4.78 is 5.17. The molecule has 0 bridgehead atoms. The fraction of sp³-hybridized carbons (Fsp3) is 0.875. The lowest BCUT2D eigenvalue weighted by Gasteiger charge is -2.36. The molecule has 5 heteroatoms. The lowest BCUT2D eigenvalue weighted by Crippen LogP contribution is -2.46. The van der Waals surface area contributed by atoms with Gasteiger partial charge in [0.05, 0.1) is 0 Å². The predicted molar refractivity (Wildman–Crippen MR) is 48.9 cm³/mol. The average Bonchev–Trinajstić information content (AvgIpc) is 2.10. The zero-order valence-electron chi connectivity index (χ0n) is 8.17. The van der Waals surface area contributed by atoms with Crippen LogP contribution in [0.25, 0.3) is 0 Å². The van der Waals surface area contributed by atoms with Gasteiger partial charge < -0.3 is 9.64 Å². The molecule has 13 heavy (non-hydrogen) atoms. The second kappa shape index (κ2) is 3.93. The number of rotatable bonds is 1. The number of likely N-dealkylation sites (tertiary alicyclic amines) is 1. The van der Waals surface area contributed by atoms with Crippen molar-refractivity contribution >= 4 is 6.09 Å². The van der Waals surface area contributed by atoms with Crippen LogP contribution in [0.3, 0.4) is 0 Å². The molecule has 0 aliphatic carbocycles. The summed E-state index contributed by atoms with van der Waals surface area (Å²) in [6.07, 6.45) is 1.17. The maximum atomic E-state index is 10.9. The molecule has 0 unspecified atom stereocenters. The summed E-state index contributed by atoms with van der Waals surface area (Å²) in [5.41, 5.74) is 1.62. The minimum Gasteiger partial charge on any atom is -0.442 e. The van der Waals surface area contributed by atoms with Gasteiger partial charge in [-0.05, 0) is 26.8 Å². The summed E-state index contributed by atoms with van der Waals surface area (Å²) in [6.45, 7) is 3.85. The smallest absolute Gasteiger partial charge is 0.421 e. The Kier molecular flexibility index (Phi) is 3.11. The molecule has 1 aliphatic rings. The van der Waals surface area contributed by atoms with Gasteiger partial charge in [0, 0.05) is 13.1 Å². The number of nitrogens with two attached hydrogens (primary N) is 1. The number of hydrogen-bond donors (Lipinski definition) is 2. The average molecular weight is 187 g/mol. The topological polar surface area (TPSA) is 67.6 Å². The van der Waals surface area contributed by atoms with E-state index in [9.17, 15) is 4.79 Å². The molecule has 0 aromatic carbocycles. The summed E-state index contributed by atoms with van der Waals surface area (Å²) in [5, 5.41) is 0. The molecule has 1 rings (SSSR count). The number of nitrogens with one attached hydrogen (secondary N) is 1. The fourth-order valence-electron chi connectivity index (χ4n) is 1.45. The van der Waals surface area contributed by atoms with Crippen molar-refractivity contribution in [1.29, 1.82) is 0 Å². The number of carbonyl (C=O) groups excluding carboxylic acids is 1. The summed E-state index contributed by atoms with van der Waals surface area (Å²) >= 11 is 0. The van der Waals surface area contributed by atoms with Crippen molar-refractivity contribution in [3.05, 3.63) is 0 Å². The van der Waals surface area contributed by atoms with Gasteiger partial charge in [0.25, 0.3) is 0 Å². The highest BCUT2D eigenvalue weighted by Crippen LogP contribution is 2.24. The van der Waals surface area contributed by atoms with Crippen LogP contribution >= 0.6 is 0 Å². The van der Waals surface area contributed by atoms with Gasteiger partial charge in [-0.15, -0.1) is 0 Å². The van der Waals surface area contributed by atoms with E-state index >= 15 is 0 Å². The molecule has 3 N–H and O–H groups in total. The van der Waals surface area contributed by atoms with E-state index in [1.54, 1.807) is 0 Å². The minimum absolute atomic E-state index is 0.351. The molecule has 0 spiro atoms. The zero-order valence-corrected chi connectivity index (χ0v) is 8.17. The largest absolute Gasteiger partial charge is 0.442 e. The molecule has 1 aliphatic heterocycles. The molecule has 0 aromatic heterocycles. The van der Waals surface area contributed by atoms with Gasteiger partial charge in [0.15, 0.2) is 0 Å². The van der Waals surface area contributed by atoms with Crippen molar-refractivity contribution in [3.63, 3.8) is 0 Å². The Morgan fingerprint density at radius 2 is 2.08 bits per heavy atom. The number of amides is 1. The zero-order chi connectivity index (χ0) is 9.90. The number of carbonyl (C=O) groups is 1. The highest BCUT2D eigenvalue weighted by molar-refractivity contribution is 5.66. The fourth-order valence-corrected chi connectivity index (χ4v) is 1.45. The van der Waals surface area contributed by atoms with Gasteiger partial charge in [-0.3, -0.25) is 5.43 Å². The lowest BCUT2D eigenvalue weighted by atomic mass is 9.94. The van der Waals surface area contributed by atoms with Crippen LogP contribution < -0.4 is 11.3 Å². The Hall–Kier alpha value is -0.810. The predicted octanol–water partition coefficient (Wildman–Crippen LogP) is 0.0706. The molecular weight excluding hydrogens is 170 g/mol. The van der Waals surface area contributed by atoms with Crippen LogP contribution in [-0.4, -0.2) is 36.7 Å². The van der Waals surface area contributed by atoms with Crippen LogP contribution in [0.2, 0.25) is 0 Å². The molecule has 1 heterocycles. The summed E-state index contributed by atoms with van der Waals surface area (Å²) in [4.78, 5) is 13.1. The van der Waals surface area contributed by atoms with Crippen molar-refractivity contribution < 1.29 is 9.53 Å². The highest BCUT2D eigenvalue weighted by atomic mass is 16.6. The normalized spacial score (nSPS) is 22.4. The summed E-state index contributed by atoms with van der Waals surface area (Å²) in [5.74, 6) is 4.94. The van der Waals surface area contributed by atoms with E-state index in [1.807, 2.05) is 12.3 Å². The van der Waals surface area contributed by atoms with Crippen LogP contribution in [0, 0.1) is 0 Å². The van der Waals surface area contributed by atoms with Gasteiger partial charge >= 0.3 is 6.09 Å². The monoisotopic (exact) mass is 187 g/mol. The minimum atomic E-state index is -0.549. The molecule has 0 atom stereocenters. The van der Waals surface area contributed by atoms with E-state index in [0.29, 0.717) is 0 Å². The van der Waals surface area contributed by atoms with Crippen molar-refractivity contribution in [3.8, 4) is 0 Å². The Morgan fingerprint density at radius 1 is 1.54 bits per heavy atom. The molecule has 0 radical (unpaired) electrons. The SMILES string of the molecule is CN1CCC(C)(OC(=O)NN)CC1. The first kappa shape index (κ1) is 10.3. The number of nitrogens with zero attached hydrogens (tertiary/aromatic N) is 1. The standard InChI is InChI=1S/C8H17N3O2/c1-8(13-7(12)10-9)3-5-11(2)6-4-8/h3-6,9H2,1-2H3,(H,10,12). The molecule has 1 amide bonds. The second-order valence-corrected chi connectivity index (χ2v) is 3.79. The first-order valence-electron chi connectivity index (χ1n) is 4.44. The lowest BCUT2D eigenvalue weighted by molar-refractivity contribution is -0.0175. The van der Waals surface area contributed by atoms with E-state index in [-0.39, 0.29) is 5.60 Å². The molecule has 0 saturated carbocycles. The Bertz CT molecular complexity index is 188. The van der Waals surface area contributed by atoms with E-state index in [4.69, 9.17) is 10.6 Å². The van der Waals surface area contributed by atoms with Crippen LogP contribution in [-0.2, 0) is 4.74 Å².